The molecule has 110 valence electrons. The molecule has 2 rings (SSSR count). The van der Waals surface area contributed by atoms with Gasteiger partial charge in [0.2, 0.25) is 0 Å². The first-order chi connectivity index (χ1) is 9.90. The van der Waals surface area contributed by atoms with E-state index in [4.69, 9.17) is 0 Å². The molecule has 0 amide bonds. The summed E-state index contributed by atoms with van der Waals surface area (Å²) in [5.41, 5.74) is 1.24. The standard InChI is InChI=1S/C13H11BrN2O4S/c1-8-2-4-9(5-3-8)13(21(19)20)10-6-12(14)15-7-11(10)16(17)18/h2-7,13,21H,1H3. The molecule has 1 aromatic heterocycles. The van der Waals surface area contributed by atoms with Crippen molar-refractivity contribution in [2.75, 3.05) is 0 Å². The summed E-state index contributed by atoms with van der Waals surface area (Å²) in [5, 5.41) is 10.0. The molecule has 0 aliphatic carbocycles. The van der Waals surface area contributed by atoms with Gasteiger partial charge in [-0.3, -0.25) is 10.1 Å². The van der Waals surface area contributed by atoms with E-state index in [2.05, 4.69) is 20.9 Å². The first-order valence-corrected chi connectivity index (χ1v) is 7.94. The van der Waals surface area contributed by atoms with Crippen molar-refractivity contribution in [3.05, 3.63) is 67.9 Å². The van der Waals surface area contributed by atoms with Gasteiger partial charge in [-0.15, -0.1) is 0 Å². The van der Waals surface area contributed by atoms with Crippen molar-refractivity contribution in [2.45, 2.75) is 12.2 Å². The van der Waals surface area contributed by atoms with E-state index >= 15 is 0 Å². The number of hydrogen-bond acceptors (Lipinski definition) is 5. The maximum atomic E-state index is 11.7. The Labute approximate surface area is 131 Å². The second-order valence-corrected chi connectivity index (χ2v) is 6.32. The lowest BCUT2D eigenvalue weighted by molar-refractivity contribution is -0.385. The lowest BCUT2D eigenvalue weighted by atomic mass is 10.0. The second kappa shape index (κ2) is 6.31. The van der Waals surface area contributed by atoms with E-state index in [9.17, 15) is 18.5 Å². The third-order valence-corrected chi connectivity index (χ3v) is 4.41. The minimum atomic E-state index is -2.93. The van der Waals surface area contributed by atoms with Crippen LogP contribution < -0.4 is 0 Å². The molecule has 0 saturated heterocycles. The molecule has 2 aromatic rings. The highest BCUT2D eigenvalue weighted by Crippen LogP contribution is 2.33. The third-order valence-electron chi connectivity index (χ3n) is 2.98. The van der Waals surface area contributed by atoms with Crippen molar-refractivity contribution >= 4 is 32.3 Å². The van der Waals surface area contributed by atoms with E-state index in [0.717, 1.165) is 11.8 Å². The van der Waals surface area contributed by atoms with Crippen LogP contribution in [0.3, 0.4) is 0 Å². The highest BCUT2D eigenvalue weighted by atomic mass is 79.9. The minimum absolute atomic E-state index is 0.0989. The lowest BCUT2D eigenvalue weighted by Gasteiger charge is -2.12. The summed E-state index contributed by atoms with van der Waals surface area (Å²) in [6.45, 7) is 1.88. The number of hydrogen-bond donors (Lipinski definition) is 1. The van der Waals surface area contributed by atoms with Crippen LogP contribution in [0.5, 0.6) is 0 Å². The van der Waals surface area contributed by atoms with Crippen LogP contribution >= 0.6 is 15.9 Å². The Balaban J connectivity index is 2.66. The zero-order valence-corrected chi connectivity index (χ0v) is 13.4. The number of benzene rings is 1. The molecule has 0 spiro atoms. The molecule has 0 aliphatic heterocycles. The SMILES string of the molecule is Cc1ccc(C(c2cc(Br)ncc2[N+](=O)[O-])[SH](=O)=O)cc1. The molecule has 0 bridgehead atoms. The van der Waals surface area contributed by atoms with Gasteiger partial charge in [-0.25, -0.2) is 13.4 Å². The normalized spacial score (nSPS) is 12.3. The molecule has 0 N–H and O–H groups in total. The Kier molecular flexibility index (Phi) is 4.69. The van der Waals surface area contributed by atoms with Crippen LogP contribution in [0, 0.1) is 17.0 Å². The summed E-state index contributed by atoms with van der Waals surface area (Å²) in [6, 6.07) is 8.21. The van der Waals surface area contributed by atoms with Crippen LogP contribution in [0.25, 0.3) is 0 Å². The number of aryl methyl sites for hydroxylation is 1. The molecule has 0 fully saturated rings. The van der Waals surface area contributed by atoms with E-state index in [1.165, 1.54) is 6.07 Å². The van der Waals surface area contributed by atoms with Gasteiger partial charge in [-0.2, -0.15) is 0 Å². The topological polar surface area (TPSA) is 90.2 Å². The van der Waals surface area contributed by atoms with Crippen LogP contribution in [0.4, 0.5) is 5.69 Å². The fourth-order valence-corrected chi connectivity index (χ4v) is 3.17. The summed E-state index contributed by atoms with van der Waals surface area (Å²) in [4.78, 5) is 14.3. The lowest BCUT2D eigenvalue weighted by Crippen LogP contribution is -2.07. The fourth-order valence-electron chi connectivity index (χ4n) is 1.97. The van der Waals surface area contributed by atoms with Crippen molar-refractivity contribution in [1.82, 2.24) is 4.98 Å². The van der Waals surface area contributed by atoms with E-state index in [1.54, 1.807) is 24.3 Å². The number of nitro groups is 1. The summed E-state index contributed by atoms with van der Waals surface area (Å²) < 4.78 is 23.6. The first-order valence-electron chi connectivity index (χ1n) is 5.90. The first kappa shape index (κ1) is 15.6. The molecule has 8 heteroatoms. The Morgan fingerprint density at radius 1 is 1.29 bits per heavy atom. The van der Waals surface area contributed by atoms with Gasteiger partial charge in [0.25, 0.3) is 5.69 Å². The largest absolute Gasteiger partial charge is 0.292 e. The summed E-state index contributed by atoms with van der Waals surface area (Å²) in [6.07, 6.45) is 1.06. The van der Waals surface area contributed by atoms with Gasteiger partial charge >= 0.3 is 0 Å². The number of nitrogens with zero attached hydrogens (tertiary/aromatic N) is 2. The predicted octanol–water partition coefficient (Wildman–Crippen LogP) is 2.76. The van der Waals surface area contributed by atoms with Crippen molar-refractivity contribution in [3.8, 4) is 0 Å². The molecule has 0 saturated carbocycles. The highest BCUT2D eigenvalue weighted by molar-refractivity contribution is 9.10. The molecule has 1 atom stereocenters. The number of aromatic nitrogens is 1. The molecule has 0 aliphatic rings. The van der Waals surface area contributed by atoms with E-state index in [-0.39, 0.29) is 11.3 Å². The molecular weight excluding hydrogens is 360 g/mol. The van der Waals surface area contributed by atoms with Crippen LogP contribution in [-0.2, 0) is 10.7 Å². The van der Waals surface area contributed by atoms with Gasteiger partial charge in [0, 0.05) is 0 Å². The van der Waals surface area contributed by atoms with E-state index in [0.29, 0.717) is 10.2 Å². The summed E-state index contributed by atoms with van der Waals surface area (Å²) in [5.74, 6) is 0. The number of rotatable bonds is 4. The molecule has 21 heavy (non-hydrogen) atoms. The van der Waals surface area contributed by atoms with Crippen LogP contribution in [-0.4, -0.2) is 18.3 Å². The van der Waals surface area contributed by atoms with Gasteiger partial charge in [-0.1, -0.05) is 29.8 Å². The van der Waals surface area contributed by atoms with Crippen molar-refractivity contribution in [2.24, 2.45) is 0 Å². The Bertz CT molecular complexity index is 751. The number of thiol groups is 1. The zero-order chi connectivity index (χ0) is 15.6. The average Bonchev–Trinajstić information content (AvgIpc) is 2.40. The Hall–Kier alpha value is -1.80. The zero-order valence-electron chi connectivity index (χ0n) is 10.9. The van der Waals surface area contributed by atoms with Crippen LogP contribution in [0.1, 0.15) is 21.9 Å². The monoisotopic (exact) mass is 370 g/mol. The maximum absolute atomic E-state index is 11.7. The Morgan fingerprint density at radius 2 is 1.90 bits per heavy atom. The van der Waals surface area contributed by atoms with Gasteiger partial charge < -0.3 is 0 Å². The summed E-state index contributed by atoms with van der Waals surface area (Å²) >= 11 is 3.12. The molecule has 1 unspecified atom stereocenters. The molecule has 6 nitrogen and oxygen atoms in total. The van der Waals surface area contributed by atoms with Gasteiger partial charge in [0.05, 0.1) is 10.5 Å². The number of halogens is 1. The van der Waals surface area contributed by atoms with Gasteiger partial charge in [0.15, 0.2) is 10.7 Å². The average molecular weight is 371 g/mol. The third kappa shape index (κ3) is 3.45. The van der Waals surface area contributed by atoms with Gasteiger partial charge in [-0.05, 0) is 34.5 Å². The molecule has 1 aromatic carbocycles. The smallest absolute Gasteiger partial charge is 0.258 e. The van der Waals surface area contributed by atoms with Crippen LogP contribution in [0.15, 0.2) is 41.1 Å². The van der Waals surface area contributed by atoms with Crippen molar-refractivity contribution in [3.63, 3.8) is 0 Å². The maximum Gasteiger partial charge on any atom is 0.292 e. The van der Waals surface area contributed by atoms with Crippen LogP contribution in [0.2, 0.25) is 0 Å². The van der Waals surface area contributed by atoms with Crippen molar-refractivity contribution < 1.29 is 13.3 Å². The van der Waals surface area contributed by atoms with Gasteiger partial charge in [0.1, 0.15) is 16.0 Å². The fraction of sp³-hybridized carbons (Fsp3) is 0.154. The quantitative estimate of drug-likeness (QED) is 0.386. The Morgan fingerprint density at radius 3 is 2.43 bits per heavy atom. The highest BCUT2D eigenvalue weighted by Gasteiger charge is 2.27. The molecule has 0 radical (unpaired) electrons. The second-order valence-electron chi connectivity index (χ2n) is 4.42. The van der Waals surface area contributed by atoms with Crippen molar-refractivity contribution in [1.29, 1.82) is 0 Å². The summed E-state index contributed by atoms with van der Waals surface area (Å²) in [7, 11) is -2.93. The van der Waals surface area contributed by atoms with E-state index in [1.807, 2.05) is 6.92 Å². The predicted molar refractivity (Wildman–Crippen MR) is 81.9 cm³/mol. The molecular formula is C13H11BrN2O4S. The minimum Gasteiger partial charge on any atom is -0.258 e. The number of pyridine rings is 1. The van der Waals surface area contributed by atoms with E-state index < -0.39 is 20.9 Å². The molecule has 1 heterocycles.